The van der Waals surface area contributed by atoms with E-state index in [0.717, 1.165) is 0 Å². The van der Waals surface area contributed by atoms with Crippen LogP contribution in [0.15, 0.2) is 121 Å². The third kappa shape index (κ3) is 17.6. The number of rotatable bonds is 21. The van der Waals surface area contributed by atoms with Gasteiger partial charge in [-0.2, -0.15) is 0 Å². The van der Waals surface area contributed by atoms with Gasteiger partial charge in [0.05, 0.1) is 55.6 Å². The van der Waals surface area contributed by atoms with Crippen LogP contribution in [0.25, 0.3) is 0 Å². The second-order valence-electron chi connectivity index (χ2n) is 25.1. The number of phenols is 25. The number of hydrogen-bond donors (Lipinski definition) is 25. The zero-order chi connectivity index (χ0) is 89.4. The Labute approximate surface area is 671 Å². The maximum absolute atomic E-state index is 15.3. The molecule has 0 bridgehead atoms. The maximum Gasteiger partial charge on any atom is 0.343 e. The Bertz CT molecular complexity index is 5970. The Hall–Kier alpha value is -18.1. The number of aromatic hydroxyl groups is 25. The summed E-state index contributed by atoms with van der Waals surface area (Å²) >= 11 is 0. The lowest BCUT2D eigenvalue weighted by Gasteiger charge is -2.43. The molecule has 1 saturated heterocycles. The molecule has 1 fully saturated rings. The van der Waals surface area contributed by atoms with Crippen molar-refractivity contribution in [1.82, 2.24) is 0 Å². The SMILES string of the molecule is O=C(OCC1O[C@@H](OC(=O)c2cc(O)c(O)c(OC(=O)c3cc(O)c(O)c(O)c3)c2)[C@@H](OC(=O)c2cc(O)c(O)c(OC(=O)c3cc(O)c(O)c(O)c3)c2)[C@@H](OC(=O)c2cc(O)c(O)c(OC(=O)c3cc(O)c(O)c(O)c3)c2)[C@H]1OC(=O)c1cc(O)c(O)c(OC(=O)c2cc(O)c(O)c(O)c2)c1)c1cc(O)c(O)c(OC(=O)c2cc(O)c(O)c(O)c2)c1. The standard InChI is InChI=1S/C76H52O46/c77-32-1-22(2-33(78)53(32)92)67(103)113-47-16-27(11-42(87)58(47)97)66(102)112-21-52-63(119-72(108)28-12-43(88)59(98)48(17-28)114-68(104)23-3-34(79)54(93)35(80)4-23)64(120-73(109)29-13-44(89)60(99)49(18-29)115-69(105)24-5-36(81)55(94)37(82)6-24)65(121-74(110)30-14-45(90)61(100)50(19-30)116-70(106)25-7-38(83)56(95)39(84)8-25)76(118-52)122-75(111)31-15-46(91)62(101)51(20-31)117-71(107)26-9-40(85)57(96)41(86)10-26/h1-20,52,63-65,76-101H,21H2/t52?,63-,64-,65-,76-/m0/s1. The van der Waals surface area contributed by atoms with Crippen molar-refractivity contribution in [3.05, 3.63) is 177 Å². The lowest BCUT2D eigenvalue weighted by atomic mass is 9.97. The van der Waals surface area contributed by atoms with Gasteiger partial charge in [-0.1, -0.05) is 0 Å². The summed E-state index contributed by atoms with van der Waals surface area (Å²) in [7, 11) is 0. The van der Waals surface area contributed by atoms with Crippen LogP contribution >= 0.6 is 0 Å². The molecule has 1 heterocycles. The van der Waals surface area contributed by atoms with E-state index >= 15 is 14.4 Å². The summed E-state index contributed by atoms with van der Waals surface area (Å²) in [6, 6.07) is 8.56. The third-order valence-electron chi connectivity index (χ3n) is 16.9. The highest BCUT2D eigenvalue weighted by molar-refractivity contribution is 6.00. The minimum absolute atomic E-state index is 0.295. The van der Waals surface area contributed by atoms with Gasteiger partial charge in [0.1, 0.15) is 12.7 Å². The normalized spacial score (nSPS) is 14.6. The van der Waals surface area contributed by atoms with Crippen molar-refractivity contribution >= 4 is 59.7 Å². The lowest BCUT2D eigenvalue weighted by Crippen LogP contribution is -2.63. The van der Waals surface area contributed by atoms with Gasteiger partial charge in [0.2, 0.25) is 41.1 Å². The highest BCUT2D eigenvalue weighted by Crippen LogP contribution is 2.48. The predicted molar refractivity (Wildman–Crippen MR) is 383 cm³/mol. The van der Waals surface area contributed by atoms with Gasteiger partial charge in [-0.3, -0.25) is 0 Å². The van der Waals surface area contributed by atoms with Crippen molar-refractivity contribution in [3.8, 4) is 172 Å². The van der Waals surface area contributed by atoms with Crippen molar-refractivity contribution in [2.45, 2.75) is 30.7 Å². The first-order valence-corrected chi connectivity index (χ1v) is 33.2. The minimum atomic E-state index is -3.12. The average molecular weight is 1700 g/mol. The van der Waals surface area contributed by atoms with Gasteiger partial charge < -0.3 is 180 Å². The van der Waals surface area contributed by atoms with Crippen LogP contribution in [0.3, 0.4) is 0 Å². The molecule has 10 aromatic rings. The van der Waals surface area contributed by atoms with Gasteiger partial charge >= 0.3 is 59.7 Å². The van der Waals surface area contributed by atoms with Gasteiger partial charge in [0.25, 0.3) is 0 Å². The first kappa shape index (κ1) is 84.8. The van der Waals surface area contributed by atoms with Crippen LogP contribution in [0.5, 0.6) is 172 Å². The minimum Gasteiger partial charge on any atom is -0.504 e. The number of benzene rings is 10. The molecule has 11 rings (SSSR count). The predicted octanol–water partition coefficient (Wildman–Crippen LogP) is 4.84. The van der Waals surface area contributed by atoms with Crippen LogP contribution in [0.2, 0.25) is 0 Å². The Morgan fingerprint density at radius 2 is 0.377 bits per heavy atom. The van der Waals surface area contributed by atoms with E-state index in [-0.39, 0.29) is 0 Å². The lowest BCUT2D eigenvalue weighted by molar-refractivity contribution is -0.282. The van der Waals surface area contributed by atoms with Crippen LogP contribution in [-0.4, -0.2) is 225 Å². The number of hydrogen-bond acceptors (Lipinski definition) is 46. The molecule has 5 atom stereocenters. The average Bonchev–Trinajstić information content (AvgIpc) is 0.764. The number of carbonyl (C=O) groups excluding carboxylic acids is 10. The van der Waals surface area contributed by atoms with E-state index in [9.17, 15) is 161 Å². The number of esters is 10. The highest BCUT2D eigenvalue weighted by atomic mass is 16.8. The number of carbonyl (C=O) groups is 10. The quantitative estimate of drug-likeness (QED) is 0.0198. The number of phenolic OH excluding ortho intramolecular Hbond substituents is 25. The molecular weight excluding hydrogens is 1650 g/mol. The Morgan fingerprint density at radius 3 is 0.598 bits per heavy atom. The van der Waals surface area contributed by atoms with Crippen molar-refractivity contribution in [1.29, 1.82) is 0 Å². The zero-order valence-electron chi connectivity index (χ0n) is 59.9. The van der Waals surface area contributed by atoms with Gasteiger partial charge in [0, 0.05) is 0 Å². The first-order valence-electron chi connectivity index (χ1n) is 33.2. The Morgan fingerprint density at radius 1 is 0.205 bits per heavy atom. The van der Waals surface area contributed by atoms with Crippen LogP contribution in [0.4, 0.5) is 0 Å². The van der Waals surface area contributed by atoms with Crippen molar-refractivity contribution < 1.29 is 228 Å². The molecule has 1 unspecified atom stereocenters. The number of ether oxygens (including phenoxy) is 11. The highest BCUT2D eigenvalue weighted by Gasteiger charge is 2.55. The molecule has 46 nitrogen and oxygen atoms in total. The van der Waals surface area contributed by atoms with Gasteiger partial charge in [-0.15, -0.1) is 0 Å². The molecular formula is C76H52O46. The fraction of sp³-hybridized carbons (Fsp3) is 0.0789. The molecule has 10 aromatic carbocycles. The van der Waals surface area contributed by atoms with Gasteiger partial charge in [-0.25, -0.2) is 47.9 Å². The fourth-order valence-electron chi connectivity index (χ4n) is 10.8. The fourth-order valence-corrected chi connectivity index (χ4v) is 10.8. The summed E-state index contributed by atoms with van der Waals surface area (Å²) in [4.78, 5) is 142. The molecule has 1 aliphatic rings. The van der Waals surface area contributed by atoms with Crippen LogP contribution in [0, 0.1) is 0 Å². The van der Waals surface area contributed by atoms with E-state index in [1.54, 1.807) is 0 Å². The van der Waals surface area contributed by atoms with Crippen molar-refractivity contribution in [3.63, 3.8) is 0 Å². The molecule has 632 valence electrons. The van der Waals surface area contributed by atoms with Crippen LogP contribution < -0.4 is 23.7 Å². The maximum atomic E-state index is 15.3. The summed E-state index contributed by atoms with van der Waals surface area (Å²) in [6.07, 6.45) is -15.1. The van der Waals surface area contributed by atoms with E-state index in [1.165, 1.54) is 0 Å². The summed E-state index contributed by atoms with van der Waals surface area (Å²) in [5.74, 6) is -56.0. The van der Waals surface area contributed by atoms with Crippen LogP contribution in [-0.2, 0) is 28.4 Å². The molecule has 0 spiro atoms. The molecule has 1 aliphatic heterocycles. The molecule has 0 aromatic heterocycles. The molecule has 0 aliphatic carbocycles. The summed E-state index contributed by atoms with van der Waals surface area (Å²) in [5.41, 5.74) is -9.89. The third-order valence-corrected chi connectivity index (χ3v) is 16.9. The van der Waals surface area contributed by atoms with Gasteiger partial charge in [0.15, 0.2) is 156 Å². The van der Waals surface area contributed by atoms with Crippen molar-refractivity contribution in [2.75, 3.05) is 6.61 Å². The van der Waals surface area contributed by atoms with Crippen molar-refractivity contribution in [2.24, 2.45) is 0 Å². The molecule has 25 N–H and O–H groups in total. The smallest absolute Gasteiger partial charge is 0.343 e. The van der Waals surface area contributed by atoms with Crippen LogP contribution in [0.1, 0.15) is 104 Å². The Kier molecular flexibility index (Phi) is 23.2. The second kappa shape index (κ2) is 33.4. The molecule has 0 saturated carbocycles. The molecule has 122 heavy (non-hydrogen) atoms. The van der Waals surface area contributed by atoms with Gasteiger partial charge in [-0.05, 0) is 121 Å². The molecule has 46 heteroatoms. The first-order chi connectivity index (χ1) is 57.4. The van der Waals surface area contributed by atoms with E-state index in [4.69, 9.17) is 52.1 Å². The summed E-state index contributed by atoms with van der Waals surface area (Å²) in [6.45, 7) is -1.71. The van der Waals surface area contributed by atoms with E-state index in [1.807, 2.05) is 0 Å². The molecule has 0 radical (unpaired) electrons. The second-order valence-corrected chi connectivity index (χ2v) is 25.1. The molecule has 0 amide bonds. The zero-order valence-corrected chi connectivity index (χ0v) is 59.9. The summed E-state index contributed by atoms with van der Waals surface area (Å²) < 4.78 is 60.4. The monoisotopic (exact) mass is 1700 g/mol. The Balaban J connectivity index is 1.09. The van der Waals surface area contributed by atoms with E-state index < -0.39 is 325 Å². The van der Waals surface area contributed by atoms with E-state index in [0.29, 0.717) is 121 Å². The topological polar surface area (TPSA) is 778 Å². The summed E-state index contributed by atoms with van der Waals surface area (Å²) in [5, 5.41) is 261. The largest absolute Gasteiger partial charge is 0.504 e. The van der Waals surface area contributed by atoms with E-state index in [2.05, 4.69) is 0 Å².